The van der Waals surface area contributed by atoms with Crippen molar-refractivity contribution in [1.82, 2.24) is 19.8 Å². The van der Waals surface area contributed by atoms with Crippen LogP contribution in [-0.4, -0.2) is 26.1 Å². The summed E-state index contributed by atoms with van der Waals surface area (Å²) in [6.45, 7) is 9.81. The lowest BCUT2D eigenvalue weighted by atomic mass is 9.96. The lowest BCUT2D eigenvalue weighted by molar-refractivity contribution is 0.287. The van der Waals surface area contributed by atoms with Crippen LogP contribution in [0.1, 0.15) is 48.6 Å². The number of nitrogens with zero attached hydrogens (tertiary/aromatic N) is 3. The van der Waals surface area contributed by atoms with Crippen molar-refractivity contribution >= 4 is 28.1 Å². The molecule has 3 heterocycles. The highest BCUT2D eigenvalue weighted by Gasteiger charge is 2.41. The van der Waals surface area contributed by atoms with Gasteiger partial charge in [-0.3, -0.25) is 4.98 Å². The van der Waals surface area contributed by atoms with Crippen molar-refractivity contribution in [1.29, 1.82) is 0 Å². The molecule has 1 aliphatic rings. The molecule has 2 aromatic carbocycles. The van der Waals surface area contributed by atoms with E-state index >= 15 is 0 Å². The highest BCUT2D eigenvalue weighted by molar-refractivity contribution is 7.80. The number of hydrogen-bond donors (Lipinski definition) is 1. The van der Waals surface area contributed by atoms with Crippen LogP contribution in [0.4, 0.5) is 0 Å². The molecule has 5 rings (SSSR count). The zero-order chi connectivity index (χ0) is 23.1. The summed E-state index contributed by atoms with van der Waals surface area (Å²) in [5, 5.41) is 6.90. The average molecular weight is 455 g/mol. The monoisotopic (exact) mass is 454 g/mol. The van der Waals surface area contributed by atoms with E-state index in [0.717, 1.165) is 17.4 Å². The van der Waals surface area contributed by atoms with E-state index in [0.29, 0.717) is 5.92 Å². The predicted molar refractivity (Wildman–Crippen MR) is 140 cm³/mol. The minimum Gasteiger partial charge on any atom is -0.352 e. The van der Waals surface area contributed by atoms with Crippen molar-refractivity contribution in [2.45, 2.75) is 39.8 Å². The van der Waals surface area contributed by atoms with Crippen molar-refractivity contribution in [3.8, 4) is 5.69 Å². The minimum absolute atomic E-state index is 0.0129. The lowest BCUT2D eigenvalue weighted by Crippen LogP contribution is -2.33. The molecule has 168 valence electrons. The summed E-state index contributed by atoms with van der Waals surface area (Å²) in [4.78, 5) is 7.04. The van der Waals surface area contributed by atoms with Crippen LogP contribution in [0.25, 0.3) is 16.5 Å². The SMILES string of the molecule is Cc1cc([C@H]2[C@H](c3ccccn3)NC(=S)N2CC(C)C)c(C)n1-c1cccc2ccccc12. The molecule has 0 unspecified atom stereocenters. The summed E-state index contributed by atoms with van der Waals surface area (Å²) in [6.07, 6.45) is 1.86. The highest BCUT2D eigenvalue weighted by Crippen LogP contribution is 2.42. The van der Waals surface area contributed by atoms with Crippen LogP contribution in [0.3, 0.4) is 0 Å². The van der Waals surface area contributed by atoms with E-state index in [1.165, 1.54) is 33.4 Å². The number of pyridine rings is 1. The third kappa shape index (κ3) is 3.80. The van der Waals surface area contributed by atoms with E-state index in [4.69, 9.17) is 12.2 Å². The number of nitrogens with one attached hydrogen (secondary N) is 1. The summed E-state index contributed by atoms with van der Waals surface area (Å²) in [5.41, 5.74) is 6.00. The Balaban J connectivity index is 1.67. The molecule has 33 heavy (non-hydrogen) atoms. The molecule has 0 bridgehead atoms. The molecule has 5 heteroatoms. The second-order valence-corrected chi connectivity index (χ2v) is 9.72. The van der Waals surface area contributed by atoms with E-state index in [-0.39, 0.29) is 12.1 Å². The van der Waals surface area contributed by atoms with Crippen molar-refractivity contribution in [2.24, 2.45) is 5.92 Å². The third-order valence-electron chi connectivity index (χ3n) is 6.56. The normalized spacial score (nSPS) is 18.3. The van der Waals surface area contributed by atoms with Gasteiger partial charge in [0.2, 0.25) is 0 Å². The van der Waals surface area contributed by atoms with Gasteiger partial charge in [0.05, 0.1) is 23.5 Å². The first-order chi connectivity index (χ1) is 16.0. The number of aromatic nitrogens is 2. The van der Waals surface area contributed by atoms with Gasteiger partial charge in [0.25, 0.3) is 0 Å². The van der Waals surface area contributed by atoms with Crippen LogP contribution < -0.4 is 5.32 Å². The molecular weight excluding hydrogens is 424 g/mol. The molecule has 0 radical (unpaired) electrons. The molecule has 1 fully saturated rings. The number of fused-ring (bicyclic) bond motifs is 1. The van der Waals surface area contributed by atoms with Gasteiger partial charge >= 0.3 is 0 Å². The molecule has 2 aromatic heterocycles. The molecule has 1 N–H and O–H groups in total. The number of hydrogen-bond acceptors (Lipinski definition) is 2. The van der Waals surface area contributed by atoms with Gasteiger partial charge in [-0.15, -0.1) is 0 Å². The molecule has 0 spiro atoms. The Morgan fingerprint density at radius 1 is 1.00 bits per heavy atom. The van der Waals surface area contributed by atoms with Crippen molar-refractivity contribution in [2.75, 3.05) is 6.54 Å². The summed E-state index contributed by atoms with van der Waals surface area (Å²) in [5.74, 6) is 0.497. The van der Waals surface area contributed by atoms with Gasteiger partial charge in [-0.05, 0) is 67.2 Å². The Labute approximate surface area is 201 Å². The predicted octanol–water partition coefficient (Wildman–Crippen LogP) is 6.27. The van der Waals surface area contributed by atoms with E-state index in [9.17, 15) is 0 Å². The number of rotatable bonds is 5. The summed E-state index contributed by atoms with van der Waals surface area (Å²) < 4.78 is 2.39. The van der Waals surface area contributed by atoms with E-state index in [1.54, 1.807) is 0 Å². The maximum atomic E-state index is 5.83. The van der Waals surface area contributed by atoms with Gasteiger partial charge in [-0.1, -0.05) is 56.3 Å². The standard InChI is InChI=1S/C28H30N4S/c1-18(2)17-31-27(26(30-28(31)33)24-13-7-8-15-29-24)23-16-19(3)32(20(23)4)25-14-9-11-21-10-5-6-12-22(21)25/h5-16,18,26-27H,17H2,1-4H3,(H,30,33)/t26-,27-/m0/s1. The third-order valence-corrected chi connectivity index (χ3v) is 6.91. The second kappa shape index (κ2) is 8.64. The van der Waals surface area contributed by atoms with Crippen molar-refractivity contribution < 1.29 is 0 Å². The summed E-state index contributed by atoms with van der Waals surface area (Å²) in [7, 11) is 0. The van der Waals surface area contributed by atoms with Crippen LogP contribution in [0.5, 0.6) is 0 Å². The maximum absolute atomic E-state index is 5.83. The second-order valence-electron chi connectivity index (χ2n) is 9.33. The van der Waals surface area contributed by atoms with Gasteiger partial charge in [0, 0.05) is 29.5 Å². The van der Waals surface area contributed by atoms with Crippen LogP contribution >= 0.6 is 12.2 Å². The van der Waals surface area contributed by atoms with Gasteiger partial charge in [0.1, 0.15) is 0 Å². The molecular formula is C28H30N4S. The van der Waals surface area contributed by atoms with Gasteiger partial charge < -0.3 is 14.8 Å². The van der Waals surface area contributed by atoms with E-state index < -0.39 is 0 Å². The number of thiocarbonyl (C=S) groups is 1. The first kappa shape index (κ1) is 21.7. The molecule has 0 amide bonds. The zero-order valence-corrected chi connectivity index (χ0v) is 20.4. The Morgan fingerprint density at radius 3 is 2.52 bits per heavy atom. The van der Waals surface area contributed by atoms with E-state index in [2.05, 4.69) is 108 Å². The van der Waals surface area contributed by atoms with Crippen molar-refractivity contribution in [3.05, 3.63) is 95.6 Å². The maximum Gasteiger partial charge on any atom is 0.170 e. The lowest BCUT2D eigenvalue weighted by Gasteiger charge is -2.29. The average Bonchev–Trinajstić information content (AvgIpc) is 3.28. The largest absolute Gasteiger partial charge is 0.352 e. The van der Waals surface area contributed by atoms with Crippen LogP contribution in [0.15, 0.2) is 72.9 Å². The topological polar surface area (TPSA) is 33.1 Å². The smallest absolute Gasteiger partial charge is 0.170 e. The van der Waals surface area contributed by atoms with Gasteiger partial charge in [-0.2, -0.15) is 0 Å². The molecule has 4 nitrogen and oxygen atoms in total. The molecule has 1 aliphatic heterocycles. The van der Waals surface area contributed by atoms with E-state index in [1.807, 2.05) is 12.3 Å². The highest BCUT2D eigenvalue weighted by atomic mass is 32.1. The number of aryl methyl sites for hydroxylation is 1. The fourth-order valence-corrected chi connectivity index (χ4v) is 5.51. The molecule has 1 saturated heterocycles. The Bertz CT molecular complexity index is 1300. The van der Waals surface area contributed by atoms with Crippen LogP contribution in [-0.2, 0) is 0 Å². The van der Waals surface area contributed by atoms with Gasteiger partial charge in [-0.25, -0.2) is 0 Å². The van der Waals surface area contributed by atoms with Crippen molar-refractivity contribution in [3.63, 3.8) is 0 Å². The zero-order valence-electron chi connectivity index (χ0n) is 19.6. The quantitative estimate of drug-likeness (QED) is 0.360. The molecule has 2 atom stereocenters. The minimum atomic E-state index is 0.0129. The molecule has 0 saturated carbocycles. The van der Waals surface area contributed by atoms with Crippen LogP contribution in [0, 0.1) is 19.8 Å². The fraction of sp³-hybridized carbons (Fsp3) is 0.286. The number of benzene rings is 2. The Kier molecular flexibility index (Phi) is 5.67. The Morgan fingerprint density at radius 2 is 1.76 bits per heavy atom. The molecule has 4 aromatic rings. The first-order valence-electron chi connectivity index (χ1n) is 11.6. The summed E-state index contributed by atoms with van der Waals surface area (Å²) in [6, 6.07) is 23.7. The summed E-state index contributed by atoms with van der Waals surface area (Å²) >= 11 is 5.83. The molecule has 0 aliphatic carbocycles. The van der Waals surface area contributed by atoms with Gasteiger partial charge in [0.15, 0.2) is 5.11 Å². The van der Waals surface area contributed by atoms with Crippen LogP contribution in [0.2, 0.25) is 0 Å². The Hall–Kier alpha value is -3.18. The fourth-order valence-electron chi connectivity index (χ4n) is 5.20. The first-order valence-corrected chi connectivity index (χ1v) is 12.0.